The lowest BCUT2D eigenvalue weighted by atomic mass is 10.0. The Hall–Kier alpha value is -3.14. The largest absolute Gasteiger partial charge is 0.506 e. The summed E-state index contributed by atoms with van der Waals surface area (Å²) in [5.74, 6) is 0.179. The standard InChI is InChI=1S/C20H17N3O/c24-20-13-12-16(11-10-15-6-2-1-3-7-15)14-19(20)23-21-17-8-4-5-9-18(17)22-23/h1-9,12-14,24H,10-11H2. The zero-order valence-corrected chi connectivity index (χ0v) is 13.1. The van der Waals surface area contributed by atoms with Crippen molar-refractivity contribution in [2.75, 3.05) is 0 Å². The Morgan fingerprint density at radius 2 is 1.33 bits per heavy atom. The van der Waals surface area contributed by atoms with Gasteiger partial charge in [-0.05, 0) is 48.2 Å². The van der Waals surface area contributed by atoms with Gasteiger partial charge in [-0.3, -0.25) is 0 Å². The fraction of sp³-hybridized carbons (Fsp3) is 0.100. The summed E-state index contributed by atoms with van der Waals surface area (Å²) in [6, 6.07) is 23.7. The molecule has 0 bridgehead atoms. The van der Waals surface area contributed by atoms with E-state index in [2.05, 4.69) is 34.5 Å². The Balaban J connectivity index is 1.63. The van der Waals surface area contributed by atoms with Gasteiger partial charge in [0, 0.05) is 0 Å². The fourth-order valence-corrected chi connectivity index (χ4v) is 2.79. The van der Waals surface area contributed by atoms with Crippen molar-refractivity contribution in [1.82, 2.24) is 15.0 Å². The molecule has 0 amide bonds. The van der Waals surface area contributed by atoms with Crippen molar-refractivity contribution in [2.45, 2.75) is 12.8 Å². The number of phenols is 1. The average Bonchev–Trinajstić information content (AvgIpc) is 3.06. The van der Waals surface area contributed by atoms with Crippen molar-refractivity contribution < 1.29 is 5.11 Å². The molecule has 0 saturated heterocycles. The highest BCUT2D eigenvalue weighted by Gasteiger charge is 2.09. The second-order valence-corrected chi connectivity index (χ2v) is 5.79. The van der Waals surface area contributed by atoms with E-state index < -0.39 is 0 Å². The minimum absolute atomic E-state index is 0.179. The van der Waals surface area contributed by atoms with Crippen molar-refractivity contribution in [3.8, 4) is 11.4 Å². The van der Waals surface area contributed by atoms with Crippen LogP contribution in [0.15, 0.2) is 72.8 Å². The second kappa shape index (κ2) is 6.16. The number of nitrogens with zero attached hydrogens (tertiary/aromatic N) is 3. The molecule has 1 aromatic heterocycles. The minimum atomic E-state index is 0.179. The van der Waals surface area contributed by atoms with Crippen LogP contribution in [0.4, 0.5) is 0 Å². The van der Waals surface area contributed by atoms with E-state index in [4.69, 9.17) is 0 Å². The number of aromatic hydroxyl groups is 1. The third-order valence-electron chi connectivity index (χ3n) is 4.09. The molecule has 1 heterocycles. The predicted molar refractivity (Wildman–Crippen MR) is 94.4 cm³/mol. The highest BCUT2D eigenvalue weighted by Crippen LogP contribution is 2.23. The lowest BCUT2D eigenvalue weighted by molar-refractivity contribution is 0.467. The van der Waals surface area contributed by atoms with Gasteiger partial charge in [0.2, 0.25) is 0 Å². The minimum Gasteiger partial charge on any atom is -0.506 e. The summed E-state index contributed by atoms with van der Waals surface area (Å²) in [6.45, 7) is 0. The van der Waals surface area contributed by atoms with Crippen LogP contribution in [0.5, 0.6) is 5.75 Å². The summed E-state index contributed by atoms with van der Waals surface area (Å²) < 4.78 is 0. The van der Waals surface area contributed by atoms with Crippen LogP contribution < -0.4 is 0 Å². The molecule has 0 fully saturated rings. The van der Waals surface area contributed by atoms with Crippen molar-refractivity contribution in [3.05, 3.63) is 83.9 Å². The molecule has 0 radical (unpaired) electrons. The summed E-state index contributed by atoms with van der Waals surface area (Å²) >= 11 is 0. The van der Waals surface area contributed by atoms with Gasteiger partial charge in [-0.2, -0.15) is 0 Å². The maximum atomic E-state index is 10.2. The first kappa shape index (κ1) is 14.5. The number of aryl methyl sites for hydroxylation is 2. The molecule has 0 unspecified atom stereocenters. The Morgan fingerprint density at radius 3 is 2.04 bits per heavy atom. The monoisotopic (exact) mass is 315 g/mol. The van der Waals surface area contributed by atoms with Crippen molar-refractivity contribution in [2.24, 2.45) is 0 Å². The summed E-state index contributed by atoms with van der Waals surface area (Å²) in [4.78, 5) is 1.51. The van der Waals surface area contributed by atoms with Crippen molar-refractivity contribution in [3.63, 3.8) is 0 Å². The summed E-state index contributed by atoms with van der Waals surface area (Å²) in [7, 11) is 0. The van der Waals surface area contributed by atoms with E-state index in [0.717, 1.165) is 29.4 Å². The number of fused-ring (bicyclic) bond motifs is 1. The van der Waals surface area contributed by atoms with Gasteiger partial charge in [0.05, 0.1) is 0 Å². The molecular formula is C20H17N3O. The van der Waals surface area contributed by atoms with Crippen molar-refractivity contribution in [1.29, 1.82) is 0 Å². The van der Waals surface area contributed by atoms with Crippen molar-refractivity contribution >= 4 is 11.0 Å². The topological polar surface area (TPSA) is 50.9 Å². The van der Waals surface area contributed by atoms with Crippen LogP contribution in [0.3, 0.4) is 0 Å². The molecule has 3 aromatic carbocycles. The Bertz CT molecular complexity index is 944. The maximum Gasteiger partial charge on any atom is 0.143 e. The summed E-state index contributed by atoms with van der Waals surface area (Å²) in [5.41, 5.74) is 4.68. The van der Waals surface area contributed by atoms with Gasteiger partial charge in [-0.25, -0.2) is 0 Å². The molecule has 1 N–H and O–H groups in total. The third kappa shape index (κ3) is 2.86. The number of aromatic nitrogens is 3. The van der Waals surface area contributed by atoms with E-state index in [1.807, 2.05) is 42.5 Å². The first-order valence-corrected chi connectivity index (χ1v) is 7.98. The maximum absolute atomic E-state index is 10.2. The van der Waals surface area contributed by atoms with E-state index in [9.17, 15) is 5.11 Å². The van der Waals surface area contributed by atoms with Crippen LogP contribution in [0.2, 0.25) is 0 Å². The smallest absolute Gasteiger partial charge is 0.143 e. The molecule has 4 nitrogen and oxygen atoms in total. The molecule has 4 rings (SSSR count). The molecule has 118 valence electrons. The van der Waals surface area contributed by atoms with Gasteiger partial charge in [0.25, 0.3) is 0 Å². The van der Waals surface area contributed by atoms with E-state index in [-0.39, 0.29) is 5.75 Å². The lowest BCUT2D eigenvalue weighted by Gasteiger charge is -2.07. The zero-order chi connectivity index (χ0) is 16.4. The first-order chi connectivity index (χ1) is 11.8. The molecule has 0 spiro atoms. The predicted octanol–water partition coefficient (Wildman–Crippen LogP) is 3.91. The number of phenolic OH excluding ortho intramolecular Hbond substituents is 1. The number of hydrogen-bond acceptors (Lipinski definition) is 3. The molecule has 4 aromatic rings. The van der Waals surface area contributed by atoms with Gasteiger partial charge in [-0.15, -0.1) is 15.0 Å². The SMILES string of the molecule is Oc1ccc(CCc2ccccc2)cc1-n1nc2ccccc2n1. The normalized spacial score (nSPS) is 11.0. The molecule has 0 aliphatic rings. The van der Waals surface area contributed by atoms with Crippen LogP contribution >= 0.6 is 0 Å². The number of benzene rings is 3. The van der Waals surface area contributed by atoms with E-state index >= 15 is 0 Å². The quantitative estimate of drug-likeness (QED) is 0.621. The molecule has 0 aliphatic heterocycles. The van der Waals surface area contributed by atoms with E-state index in [0.29, 0.717) is 5.69 Å². The van der Waals surface area contributed by atoms with Crippen LogP contribution in [0.1, 0.15) is 11.1 Å². The number of rotatable bonds is 4. The highest BCUT2D eigenvalue weighted by molar-refractivity contribution is 5.73. The molecule has 0 aliphatic carbocycles. The molecule has 0 atom stereocenters. The molecule has 0 saturated carbocycles. The van der Waals surface area contributed by atoms with Crippen LogP contribution in [0, 0.1) is 0 Å². The molecular weight excluding hydrogens is 298 g/mol. The van der Waals surface area contributed by atoms with Gasteiger partial charge in [0.1, 0.15) is 22.5 Å². The van der Waals surface area contributed by atoms with Crippen LogP contribution in [-0.4, -0.2) is 20.1 Å². The van der Waals surface area contributed by atoms with Crippen LogP contribution in [-0.2, 0) is 12.8 Å². The third-order valence-corrected chi connectivity index (χ3v) is 4.09. The van der Waals surface area contributed by atoms with Gasteiger partial charge >= 0.3 is 0 Å². The van der Waals surface area contributed by atoms with E-state index in [1.54, 1.807) is 6.07 Å². The first-order valence-electron chi connectivity index (χ1n) is 7.98. The van der Waals surface area contributed by atoms with Gasteiger partial charge in [0.15, 0.2) is 0 Å². The fourth-order valence-electron chi connectivity index (χ4n) is 2.79. The van der Waals surface area contributed by atoms with Gasteiger partial charge < -0.3 is 5.11 Å². The highest BCUT2D eigenvalue weighted by atomic mass is 16.3. The lowest BCUT2D eigenvalue weighted by Crippen LogP contribution is -2.01. The second-order valence-electron chi connectivity index (χ2n) is 5.79. The van der Waals surface area contributed by atoms with E-state index in [1.165, 1.54) is 10.4 Å². The Morgan fingerprint density at radius 1 is 0.708 bits per heavy atom. The zero-order valence-electron chi connectivity index (χ0n) is 13.1. The molecule has 4 heteroatoms. The number of hydrogen-bond donors (Lipinski definition) is 1. The summed E-state index contributed by atoms with van der Waals surface area (Å²) in [5, 5.41) is 19.1. The summed E-state index contributed by atoms with van der Waals surface area (Å²) in [6.07, 6.45) is 1.86. The molecule has 24 heavy (non-hydrogen) atoms. The Kier molecular flexibility index (Phi) is 3.71. The van der Waals surface area contributed by atoms with Gasteiger partial charge in [-0.1, -0.05) is 48.5 Å². The average molecular weight is 315 g/mol. The van der Waals surface area contributed by atoms with Crippen LogP contribution in [0.25, 0.3) is 16.7 Å². The Labute approximate surface area is 140 Å².